The summed E-state index contributed by atoms with van der Waals surface area (Å²) in [6.07, 6.45) is -4.87. The van der Waals surface area contributed by atoms with E-state index in [4.69, 9.17) is 10.5 Å². The van der Waals surface area contributed by atoms with Crippen molar-refractivity contribution in [3.05, 3.63) is 23.8 Å². The van der Waals surface area contributed by atoms with E-state index in [2.05, 4.69) is 0 Å². The minimum atomic E-state index is -4.87. The lowest BCUT2D eigenvalue weighted by atomic mass is 10.1. The smallest absolute Gasteiger partial charge is 0.370 e. The molecule has 1 saturated heterocycles. The molecular weight excluding hydrogens is 385 g/mol. The van der Waals surface area contributed by atoms with Gasteiger partial charge in [-0.05, 0) is 18.2 Å². The number of ether oxygens (including phenoxy) is 1. The maximum absolute atomic E-state index is 13.5. The number of alkyl halides is 3. The van der Waals surface area contributed by atoms with E-state index in [0.717, 1.165) is 17.9 Å². The van der Waals surface area contributed by atoms with Gasteiger partial charge in [0.1, 0.15) is 6.61 Å². The molecule has 0 radical (unpaired) electrons. The second-order valence-electron chi connectivity index (χ2n) is 5.85. The van der Waals surface area contributed by atoms with Crippen LogP contribution < -0.4 is 21.3 Å². The topological polar surface area (TPSA) is 131 Å². The minimum Gasteiger partial charge on any atom is -0.370 e. The zero-order valence-electron chi connectivity index (χ0n) is 14.6. The Morgan fingerprint density at radius 3 is 2.50 bits per heavy atom. The number of halogens is 3. The fraction of sp³-hybridized carbons (Fsp3) is 0.375. The summed E-state index contributed by atoms with van der Waals surface area (Å²) in [6.45, 7) is 1.01. The zero-order valence-corrected chi connectivity index (χ0v) is 14.6. The molecule has 0 spiro atoms. The highest BCUT2D eigenvalue weighted by Gasteiger charge is 2.36. The number of hydrogen-bond donors (Lipinski definition) is 3. The summed E-state index contributed by atoms with van der Waals surface area (Å²) < 4.78 is 45.4. The van der Waals surface area contributed by atoms with Gasteiger partial charge in [-0.2, -0.15) is 13.2 Å². The van der Waals surface area contributed by atoms with Gasteiger partial charge in [-0.3, -0.25) is 19.2 Å². The molecule has 1 aromatic rings. The number of rotatable bonds is 5. The highest BCUT2D eigenvalue weighted by Crippen LogP contribution is 2.37. The molecule has 0 saturated carbocycles. The van der Waals surface area contributed by atoms with E-state index >= 15 is 0 Å². The van der Waals surface area contributed by atoms with Gasteiger partial charge in [0.2, 0.25) is 11.8 Å². The Morgan fingerprint density at radius 2 is 1.96 bits per heavy atom. The van der Waals surface area contributed by atoms with Crippen LogP contribution in [0.25, 0.3) is 0 Å². The van der Waals surface area contributed by atoms with Gasteiger partial charge < -0.3 is 26.0 Å². The SMILES string of the molecule is CC(=O)N[C@H](C(N)=O)C(=O)Nc1ccc(N2CCOCC2=O)cc1C(F)(F)F. The number of nitrogens with zero attached hydrogens (tertiary/aromatic N) is 1. The number of nitrogens with two attached hydrogens (primary N) is 1. The third-order valence-corrected chi connectivity index (χ3v) is 3.76. The molecule has 1 heterocycles. The van der Waals surface area contributed by atoms with E-state index in [1.807, 2.05) is 10.6 Å². The first-order chi connectivity index (χ1) is 13.0. The van der Waals surface area contributed by atoms with Crippen LogP contribution in [0.3, 0.4) is 0 Å². The first-order valence-corrected chi connectivity index (χ1v) is 7.97. The maximum atomic E-state index is 13.5. The van der Waals surface area contributed by atoms with Crippen LogP contribution in [0.1, 0.15) is 12.5 Å². The molecule has 4 amide bonds. The van der Waals surface area contributed by atoms with Crippen molar-refractivity contribution in [2.45, 2.75) is 19.1 Å². The van der Waals surface area contributed by atoms with E-state index in [0.29, 0.717) is 6.07 Å². The zero-order chi connectivity index (χ0) is 21.1. The van der Waals surface area contributed by atoms with Gasteiger partial charge in [-0.25, -0.2) is 0 Å². The van der Waals surface area contributed by atoms with Crippen LogP contribution in [0, 0.1) is 0 Å². The van der Waals surface area contributed by atoms with Crippen molar-refractivity contribution in [1.29, 1.82) is 0 Å². The van der Waals surface area contributed by atoms with Gasteiger partial charge >= 0.3 is 6.18 Å². The Morgan fingerprint density at radius 1 is 1.29 bits per heavy atom. The molecule has 1 fully saturated rings. The molecular formula is C16H17F3N4O5. The summed E-state index contributed by atoms with van der Waals surface area (Å²) in [7, 11) is 0. The summed E-state index contributed by atoms with van der Waals surface area (Å²) in [4.78, 5) is 47.5. The van der Waals surface area contributed by atoms with E-state index in [1.165, 1.54) is 6.07 Å². The van der Waals surface area contributed by atoms with Crippen molar-refractivity contribution in [2.75, 3.05) is 30.0 Å². The Hall–Kier alpha value is -3.15. The van der Waals surface area contributed by atoms with Gasteiger partial charge in [0, 0.05) is 19.2 Å². The van der Waals surface area contributed by atoms with Crippen molar-refractivity contribution in [3.63, 3.8) is 0 Å². The summed E-state index contributed by atoms with van der Waals surface area (Å²) >= 11 is 0. The summed E-state index contributed by atoms with van der Waals surface area (Å²) in [6, 6.07) is 1.02. The average molecular weight is 402 g/mol. The van der Waals surface area contributed by atoms with Gasteiger partial charge in [-0.1, -0.05) is 0 Å². The predicted molar refractivity (Wildman–Crippen MR) is 90.0 cm³/mol. The average Bonchev–Trinajstić information content (AvgIpc) is 2.59. The van der Waals surface area contributed by atoms with Gasteiger partial charge in [-0.15, -0.1) is 0 Å². The molecule has 0 aliphatic carbocycles. The minimum absolute atomic E-state index is 0.0214. The van der Waals surface area contributed by atoms with Gasteiger partial charge in [0.15, 0.2) is 6.04 Å². The van der Waals surface area contributed by atoms with Crippen molar-refractivity contribution in [2.24, 2.45) is 5.73 Å². The Kier molecular flexibility index (Phi) is 6.23. The van der Waals surface area contributed by atoms with Gasteiger partial charge in [0.25, 0.3) is 11.8 Å². The number of nitrogens with one attached hydrogen (secondary N) is 2. The predicted octanol–water partition coefficient (Wildman–Crippen LogP) is -0.00290. The van der Waals surface area contributed by atoms with Crippen molar-refractivity contribution < 1.29 is 37.1 Å². The monoisotopic (exact) mass is 402 g/mol. The van der Waals surface area contributed by atoms with E-state index < -0.39 is 47.1 Å². The number of morpholine rings is 1. The first-order valence-electron chi connectivity index (χ1n) is 7.97. The van der Waals surface area contributed by atoms with Crippen molar-refractivity contribution >= 4 is 35.0 Å². The van der Waals surface area contributed by atoms with Crippen LogP contribution in [0.2, 0.25) is 0 Å². The van der Waals surface area contributed by atoms with Crippen LogP contribution in [0.5, 0.6) is 0 Å². The van der Waals surface area contributed by atoms with Gasteiger partial charge in [0.05, 0.1) is 17.9 Å². The van der Waals surface area contributed by atoms with Crippen LogP contribution in [0.15, 0.2) is 18.2 Å². The number of amides is 4. The van der Waals surface area contributed by atoms with Crippen LogP contribution >= 0.6 is 0 Å². The normalized spacial score (nSPS) is 15.7. The first kappa shape index (κ1) is 21.2. The Bertz CT molecular complexity index is 812. The summed E-state index contributed by atoms with van der Waals surface area (Å²) in [5.41, 5.74) is 3.10. The highest BCUT2D eigenvalue weighted by atomic mass is 19.4. The third-order valence-electron chi connectivity index (χ3n) is 3.76. The number of carbonyl (C=O) groups excluding carboxylic acids is 4. The molecule has 28 heavy (non-hydrogen) atoms. The molecule has 1 atom stereocenters. The van der Waals surface area contributed by atoms with E-state index in [-0.39, 0.29) is 25.4 Å². The molecule has 12 heteroatoms. The molecule has 1 aromatic carbocycles. The largest absolute Gasteiger partial charge is 0.418 e. The van der Waals surface area contributed by atoms with Crippen molar-refractivity contribution in [3.8, 4) is 0 Å². The summed E-state index contributed by atoms with van der Waals surface area (Å²) in [5, 5.41) is 3.90. The number of primary amides is 1. The van der Waals surface area contributed by atoms with Crippen LogP contribution in [-0.4, -0.2) is 49.4 Å². The molecule has 2 rings (SSSR count). The molecule has 4 N–H and O–H groups in total. The Labute approximate surface area is 157 Å². The second kappa shape index (κ2) is 8.25. The molecule has 0 bridgehead atoms. The fourth-order valence-corrected chi connectivity index (χ4v) is 2.51. The standard InChI is InChI=1S/C16H17F3N4O5/c1-8(24)21-13(14(20)26)15(27)22-11-3-2-9(6-10(11)16(17,18)19)23-4-5-28-7-12(23)25/h2-3,6,13H,4-5,7H2,1H3,(H2,20,26)(H,21,24)(H,22,27)/t13-/m1/s1. The highest BCUT2D eigenvalue weighted by molar-refractivity contribution is 6.11. The number of hydrogen-bond acceptors (Lipinski definition) is 5. The molecule has 0 unspecified atom stereocenters. The lowest BCUT2D eigenvalue weighted by molar-refractivity contribution is -0.137. The molecule has 1 aliphatic rings. The fourth-order valence-electron chi connectivity index (χ4n) is 2.51. The maximum Gasteiger partial charge on any atom is 0.418 e. The van der Waals surface area contributed by atoms with E-state index in [9.17, 15) is 32.3 Å². The quantitative estimate of drug-likeness (QED) is 0.597. The second-order valence-corrected chi connectivity index (χ2v) is 5.85. The van der Waals surface area contributed by atoms with Crippen LogP contribution in [-0.2, 0) is 30.1 Å². The van der Waals surface area contributed by atoms with Crippen molar-refractivity contribution in [1.82, 2.24) is 5.32 Å². The summed E-state index contributed by atoms with van der Waals surface area (Å²) in [5.74, 6) is -3.74. The lowest BCUT2D eigenvalue weighted by Gasteiger charge is -2.28. The van der Waals surface area contributed by atoms with E-state index in [1.54, 1.807) is 0 Å². The molecule has 0 aromatic heterocycles. The number of benzene rings is 1. The number of anilines is 2. The third kappa shape index (κ3) is 4.97. The Balaban J connectivity index is 2.35. The van der Waals surface area contributed by atoms with Crippen LogP contribution in [0.4, 0.5) is 24.5 Å². The molecule has 9 nitrogen and oxygen atoms in total. The molecule has 152 valence electrons. The lowest BCUT2D eigenvalue weighted by Crippen LogP contribution is -2.51. The molecule has 1 aliphatic heterocycles. The number of carbonyl (C=O) groups is 4.